The molecule has 9 heteroatoms. The van der Waals surface area contributed by atoms with Crippen LogP contribution >= 0.6 is 11.8 Å². The Morgan fingerprint density at radius 3 is 2.29 bits per heavy atom. The van der Waals surface area contributed by atoms with E-state index in [9.17, 15) is 22.8 Å². The van der Waals surface area contributed by atoms with Crippen LogP contribution in [-0.2, 0) is 6.54 Å². The zero-order chi connectivity index (χ0) is 15.9. The Bertz CT molecular complexity index is 492. The van der Waals surface area contributed by atoms with Gasteiger partial charge in [-0.1, -0.05) is 12.1 Å². The van der Waals surface area contributed by atoms with Crippen LogP contribution in [-0.4, -0.2) is 34.9 Å². The molecule has 0 saturated carbocycles. The number of amides is 2. The topological polar surface area (TPSA) is 78.4 Å². The minimum atomic E-state index is -4.30. The Kier molecular flexibility index (Phi) is 6.35. The van der Waals surface area contributed by atoms with Crippen molar-refractivity contribution >= 4 is 23.8 Å². The molecule has 0 fully saturated rings. The molecule has 0 saturated heterocycles. The molecule has 3 N–H and O–H groups in total. The molecule has 0 aliphatic rings. The summed E-state index contributed by atoms with van der Waals surface area (Å²) < 4.78 is 35.5. The van der Waals surface area contributed by atoms with Crippen LogP contribution in [0.1, 0.15) is 15.9 Å². The zero-order valence-electron chi connectivity index (χ0n) is 10.7. The summed E-state index contributed by atoms with van der Waals surface area (Å²) in [4.78, 5) is 21.9. The van der Waals surface area contributed by atoms with Crippen molar-refractivity contribution in [3.8, 4) is 0 Å². The second-order valence-electron chi connectivity index (χ2n) is 3.91. The summed E-state index contributed by atoms with van der Waals surface area (Å²) in [5.41, 5.74) is -3.49. The number of hydrogen-bond donors (Lipinski definition) is 3. The molecular formula is C12H13F3N2O3S. The molecule has 0 radical (unpaired) electrons. The van der Waals surface area contributed by atoms with Crippen LogP contribution < -0.4 is 10.6 Å². The third-order valence-corrected chi connectivity index (χ3v) is 3.04. The lowest BCUT2D eigenvalue weighted by Gasteiger charge is -2.09. The van der Waals surface area contributed by atoms with Gasteiger partial charge in [-0.2, -0.15) is 13.2 Å². The first-order valence-corrected chi connectivity index (χ1v) is 6.81. The average Bonchev–Trinajstić information content (AvgIpc) is 2.41. The lowest BCUT2D eigenvalue weighted by Crippen LogP contribution is -2.36. The Balaban J connectivity index is 2.25. The van der Waals surface area contributed by atoms with Crippen molar-refractivity contribution in [3.63, 3.8) is 0 Å². The van der Waals surface area contributed by atoms with E-state index >= 15 is 0 Å². The van der Waals surface area contributed by atoms with Gasteiger partial charge in [0.1, 0.15) is 0 Å². The van der Waals surface area contributed by atoms with Crippen LogP contribution in [0, 0.1) is 0 Å². The molecular weight excluding hydrogens is 309 g/mol. The Morgan fingerprint density at radius 2 is 1.76 bits per heavy atom. The Hall–Kier alpha value is -1.90. The van der Waals surface area contributed by atoms with Crippen LogP contribution in [0.5, 0.6) is 0 Å². The second kappa shape index (κ2) is 7.77. The standard InChI is InChI=1S/C12H13F3N2O3S/c13-12(14,15)21-6-5-16-11(20)17-7-8-1-3-9(4-2-8)10(18)19/h1-4H,5-7H2,(H,18,19)(H2,16,17,20). The van der Waals surface area contributed by atoms with Gasteiger partial charge in [0.05, 0.1) is 5.56 Å². The Morgan fingerprint density at radius 1 is 1.14 bits per heavy atom. The summed E-state index contributed by atoms with van der Waals surface area (Å²) in [5, 5.41) is 13.5. The van der Waals surface area contributed by atoms with Crippen molar-refractivity contribution in [3.05, 3.63) is 35.4 Å². The molecule has 0 aliphatic heterocycles. The van der Waals surface area contributed by atoms with Gasteiger partial charge in [-0.3, -0.25) is 0 Å². The van der Waals surface area contributed by atoms with Crippen molar-refractivity contribution in [2.45, 2.75) is 12.1 Å². The predicted molar refractivity (Wildman–Crippen MR) is 72.2 cm³/mol. The maximum absolute atomic E-state index is 11.8. The number of aromatic carboxylic acids is 1. The second-order valence-corrected chi connectivity index (χ2v) is 5.07. The first kappa shape index (κ1) is 17.2. The molecule has 0 heterocycles. The summed E-state index contributed by atoms with van der Waals surface area (Å²) in [7, 11) is 0. The number of halogens is 3. The average molecular weight is 322 g/mol. The summed E-state index contributed by atoms with van der Waals surface area (Å²) in [6, 6.07) is 5.31. The molecule has 2 amide bonds. The molecule has 21 heavy (non-hydrogen) atoms. The van der Waals surface area contributed by atoms with Gasteiger partial charge in [-0.15, -0.1) is 0 Å². The third kappa shape index (κ3) is 7.45. The van der Waals surface area contributed by atoms with E-state index in [1.807, 2.05) is 0 Å². The normalized spacial score (nSPS) is 11.0. The van der Waals surface area contributed by atoms with Crippen LogP contribution in [0.25, 0.3) is 0 Å². The number of carbonyl (C=O) groups excluding carboxylic acids is 1. The largest absolute Gasteiger partial charge is 0.478 e. The first-order chi connectivity index (χ1) is 9.78. The highest BCUT2D eigenvalue weighted by Gasteiger charge is 2.27. The summed E-state index contributed by atoms with van der Waals surface area (Å²) >= 11 is -0.204. The molecule has 1 rings (SSSR count). The molecule has 0 aliphatic carbocycles. The minimum absolute atomic E-state index is 0.103. The lowest BCUT2D eigenvalue weighted by atomic mass is 10.1. The highest BCUT2D eigenvalue weighted by atomic mass is 32.2. The van der Waals surface area contributed by atoms with Crippen LogP contribution in [0.3, 0.4) is 0 Å². The number of alkyl halides is 3. The smallest absolute Gasteiger partial charge is 0.441 e. The first-order valence-electron chi connectivity index (χ1n) is 5.82. The van der Waals surface area contributed by atoms with Gasteiger partial charge in [0.2, 0.25) is 0 Å². The monoisotopic (exact) mass is 322 g/mol. The van der Waals surface area contributed by atoms with Gasteiger partial charge in [0, 0.05) is 18.8 Å². The van der Waals surface area contributed by atoms with Crippen LogP contribution in [0.15, 0.2) is 24.3 Å². The minimum Gasteiger partial charge on any atom is -0.478 e. The van der Waals surface area contributed by atoms with Gasteiger partial charge in [-0.05, 0) is 29.5 Å². The van der Waals surface area contributed by atoms with Gasteiger partial charge in [-0.25, -0.2) is 9.59 Å². The van der Waals surface area contributed by atoms with Crippen molar-refractivity contribution < 1.29 is 27.9 Å². The molecule has 1 aromatic rings. The van der Waals surface area contributed by atoms with E-state index in [0.717, 1.165) is 0 Å². The quantitative estimate of drug-likeness (QED) is 0.703. The van der Waals surface area contributed by atoms with Gasteiger partial charge in [0.15, 0.2) is 0 Å². The third-order valence-electron chi connectivity index (χ3n) is 2.31. The number of carbonyl (C=O) groups is 2. The molecule has 5 nitrogen and oxygen atoms in total. The van der Waals surface area contributed by atoms with Crippen molar-refractivity contribution in [1.29, 1.82) is 0 Å². The van der Waals surface area contributed by atoms with Gasteiger partial charge >= 0.3 is 17.5 Å². The lowest BCUT2D eigenvalue weighted by molar-refractivity contribution is -0.0327. The van der Waals surface area contributed by atoms with Crippen molar-refractivity contribution in [2.75, 3.05) is 12.3 Å². The van der Waals surface area contributed by atoms with E-state index in [-0.39, 0.29) is 36.2 Å². The number of hydrogen-bond acceptors (Lipinski definition) is 3. The highest BCUT2D eigenvalue weighted by molar-refractivity contribution is 8.00. The number of thioether (sulfide) groups is 1. The van der Waals surface area contributed by atoms with Crippen LogP contribution in [0.2, 0.25) is 0 Å². The van der Waals surface area contributed by atoms with E-state index in [1.165, 1.54) is 12.1 Å². The summed E-state index contributed by atoms with van der Waals surface area (Å²) in [5.74, 6) is -1.31. The van der Waals surface area contributed by atoms with E-state index in [0.29, 0.717) is 5.56 Å². The molecule has 0 unspecified atom stereocenters. The molecule has 0 spiro atoms. The fraction of sp³-hybridized carbons (Fsp3) is 0.333. The fourth-order valence-corrected chi connectivity index (χ4v) is 1.78. The molecule has 0 aromatic heterocycles. The predicted octanol–water partition coefficient (Wildman–Crippen LogP) is 2.44. The maximum Gasteiger partial charge on any atom is 0.441 e. The number of carboxylic acids is 1. The van der Waals surface area contributed by atoms with E-state index < -0.39 is 17.5 Å². The summed E-state index contributed by atoms with van der Waals surface area (Å²) in [6.07, 6.45) is 0. The fourth-order valence-electron chi connectivity index (χ4n) is 1.34. The SMILES string of the molecule is O=C(NCCSC(F)(F)F)NCc1ccc(C(=O)O)cc1. The van der Waals surface area contributed by atoms with Gasteiger partial charge in [0.25, 0.3) is 0 Å². The van der Waals surface area contributed by atoms with E-state index in [4.69, 9.17) is 5.11 Å². The van der Waals surface area contributed by atoms with E-state index in [1.54, 1.807) is 12.1 Å². The molecule has 0 bridgehead atoms. The maximum atomic E-state index is 11.8. The van der Waals surface area contributed by atoms with Crippen molar-refractivity contribution in [1.82, 2.24) is 10.6 Å². The molecule has 1 aromatic carbocycles. The number of rotatable bonds is 6. The number of nitrogens with one attached hydrogen (secondary N) is 2. The van der Waals surface area contributed by atoms with Crippen LogP contribution in [0.4, 0.5) is 18.0 Å². The number of carboxylic acid groups (broad SMARTS) is 1. The number of benzene rings is 1. The Labute approximate surface area is 122 Å². The molecule has 0 atom stereocenters. The zero-order valence-corrected chi connectivity index (χ0v) is 11.6. The van der Waals surface area contributed by atoms with Crippen molar-refractivity contribution in [2.24, 2.45) is 0 Å². The van der Waals surface area contributed by atoms with Gasteiger partial charge < -0.3 is 15.7 Å². The van der Waals surface area contributed by atoms with E-state index in [2.05, 4.69) is 10.6 Å². The molecule has 116 valence electrons. The summed E-state index contributed by atoms with van der Waals surface area (Å²) in [6.45, 7) is 0.0477. The highest BCUT2D eigenvalue weighted by Crippen LogP contribution is 2.29. The number of urea groups is 1.